The van der Waals surface area contributed by atoms with Gasteiger partial charge in [-0.05, 0) is 36.6 Å². The molecule has 0 fully saturated rings. The zero-order valence-electron chi connectivity index (χ0n) is 16.3. The number of aryl methyl sites for hydroxylation is 1. The summed E-state index contributed by atoms with van der Waals surface area (Å²) in [6, 6.07) is 19.7. The predicted octanol–water partition coefficient (Wildman–Crippen LogP) is 3.85. The second-order valence-electron chi connectivity index (χ2n) is 6.92. The Bertz CT molecular complexity index is 1120. The highest BCUT2D eigenvalue weighted by atomic mass is 16.1. The van der Waals surface area contributed by atoms with Gasteiger partial charge in [0, 0.05) is 35.9 Å². The number of rotatable bonds is 7. The molecule has 2 aromatic heterocycles. The minimum atomic E-state index is -0.209. The lowest BCUT2D eigenvalue weighted by molar-refractivity contribution is 0.0945. The van der Waals surface area contributed by atoms with E-state index in [4.69, 9.17) is 0 Å². The van der Waals surface area contributed by atoms with E-state index in [1.165, 1.54) is 10.9 Å². The summed E-state index contributed by atoms with van der Waals surface area (Å²) in [7, 11) is 0. The molecule has 4 rings (SSSR count). The number of nitrogens with one attached hydrogen (secondary N) is 3. The minimum Gasteiger partial charge on any atom is -0.361 e. The Morgan fingerprint density at radius 3 is 2.69 bits per heavy atom. The molecule has 0 saturated heterocycles. The predicted molar refractivity (Wildman–Crippen MR) is 115 cm³/mol. The van der Waals surface area contributed by atoms with E-state index in [9.17, 15) is 4.79 Å². The van der Waals surface area contributed by atoms with Gasteiger partial charge >= 0.3 is 0 Å². The van der Waals surface area contributed by atoms with E-state index < -0.39 is 0 Å². The van der Waals surface area contributed by atoms with Crippen LogP contribution in [0, 0.1) is 6.92 Å². The number of para-hydroxylation sites is 1. The van der Waals surface area contributed by atoms with Crippen molar-refractivity contribution >= 4 is 22.8 Å². The number of fused-ring (bicyclic) bond motifs is 1. The van der Waals surface area contributed by atoms with Crippen LogP contribution in [-0.2, 0) is 13.0 Å². The van der Waals surface area contributed by atoms with Gasteiger partial charge in [0.25, 0.3) is 5.91 Å². The summed E-state index contributed by atoms with van der Waals surface area (Å²) in [5.74, 6) is 0.258. The fourth-order valence-corrected chi connectivity index (χ4v) is 3.28. The average molecular weight is 385 g/mol. The van der Waals surface area contributed by atoms with Crippen molar-refractivity contribution in [1.82, 2.24) is 20.3 Å². The third-order valence-electron chi connectivity index (χ3n) is 4.74. The number of aromatic amines is 1. The van der Waals surface area contributed by atoms with Crippen molar-refractivity contribution in [1.29, 1.82) is 0 Å². The molecule has 1 amide bonds. The third-order valence-corrected chi connectivity index (χ3v) is 4.74. The van der Waals surface area contributed by atoms with Gasteiger partial charge in [-0.3, -0.25) is 4.79 Å². The van der Waals surface area contributed by atoms with Gasteiger partial charge in [0.15, 0.2) is 0 Å². The minimum absolute atomic E-state index is 0.209. The number of carbonyl (C=O) groups excluding carboxylic acids is 1. The van der Waals surface area contributed by atoms with Gasteiger partial charge in [-0.1, -0.05) is 48.5 Å². The quantitative estimate of drug-likeness (QED) is 0.451. The first-order valence-electron chi connectivity index (χ1n) is 9.66. The Hall–Kier alpha value is -3.67. The van der Waals surface area contributed by atoms with E-state index in [2.05, 4.69) is 37.7 Å². The lowest BCUT2D eigenvalue weighted by atomic mass is 10.1. The van der Waals surface area contributed by atoms with E-state index in [-0.39, 0.29) is 5.91 Å². The molecule has 146 valence electrons. The average Bonchev–Trinajstić information content (AvgIpc) is 3.15. The summed E-state index contributed by atoms with van der Waals surface area (Å²) in [4.78, 5) is 24.6. The largest absolute Gasteiger partial charge is 0.361 e. The van der Waals surface area contributed by atoms with Crippen molar-refractivity contribution in [2.24, 2.45) is 0 Å². The lowest BCUT2D eigenvalue weighted by Crippen LogP contribution is -2.24. The van der Waals surface area contributed by atoms with Crippen LogP contribution in [0.2, 0.25) is 0 Å². The number of aromatic nitrogens is 3. The summed E-state index contributed by atoms with van der Waals surface area (Å²) in [5.41, 5.74) is 4.53. The molecule has 0 saturated carbocycles. The first kappa shape index (κ1) is 18.7. The summed E-state index contributed by atoms with van der Waals surface area (Å²) in [6.07, 6.45) is 2.86. The van der Waals surface area contributed by atoms with Gasteiger partial charge in [0.1, 0.15) is 5.69 Å². The van der Waals surface area contributed by atoms with E-state index in [1.54, 1.807) is 6.07 Å². The molecule has 0 aliphatic carbocycles. The van der Waals surface area contributed by atoms with E-state index in [0.29, 0.717) is 24.7 Å². The Balaban J connectivity index is 1.38. The number of H-pyrrole nitrogens is 1. The molecule has 6 nitrogen and oxygen atoms in total. The topological polar surface area (TPSA) is 82.7 Å². The van der Waals surface area contributed by atoms with Gasteiger partial charge in [0.05, 0.1) is 0 Å². The molecular weight excluding hydrogens is 362 g/mol. The molecule has 0 unspecified atom stereocenters. The van der Waals surface area contributed by atoms with Crippen LogP contribution in [-0.4, -0.2) is 27.4 Å². The number of amides is 1. The maximum absolute atomic E-state index is 12.5. The van der Waals surface area contributed by atoms with Crippen molar-refractivity contribution in [3.05, 3.63) is 89.4 Å². The van der Waals surface area contributed by atoms with Crippen LogP contribution in [0.4, 0.5) is 5.95 Å². The van der Waals surface area contributed by atoms with Gasteiger partial charge in [-0.15, -0.1) is 0 Å². The van der Waals surface area contributed by atoms with Crippen LogP contribution < -0.4 is 10.6 Å². The van der Waals surface area contributed by atoms with Crippen LogP contribution in [0.5, 0.6) is 0 Å². The zero-order chi connectivity index (χ0) is 20.1. The Kier molecular flexibility index (Phi) is 5.52. The Morgan fingerprint density at radius 1 is 1.03 bits per heavy atom. The van der Waals surface area contributed by atoms with Crippen molar-refractivity contribution < 1.29 is 4.79 Å². The number of hydrogen-bond donors (Lipinski definition) is 3. The van der Waals surface area contributed by atoms with Crippen molar-refractivity contribution in [3.8, 4) is 0 Å². The Morgan fingerprint density at radius 2 is 1.83 bits per heavy atom. The molecule has 4 aromatic rings. The highest BCUT2D eigenvalue weighted by molar-refractivity contribution is 5.92. The van der Waals surface area contributed by atoms with Crippen molar-refractivity contribution in [2.75, 3.05) is 11.9 Å². The summed E-state index contributed by atoms with van der Waals surface area (Å²) >= 11 is 0. The molecule has 2 heterocycles. The van der Waals surface area contributed by atoms with Gasteiger partial charge in [-0.25, -0.2) is 9.97 Å². The van der Waals surface area contributed by atoms with Gasteiger partial charge in [-0.2, -0.15) is 0 Å². The molecule has 3 N–H and O–H groups in total. The molecule has 0 bridgehead atoms. The first-order valence-corrected chi connectivity index (χ1v) is 9.66. The molecule has 6 heteroatoms. The van der Waals surface area contributed by atoms with Crippen LogP contribution in [0.15, 0.2) is 66.9 Å². The number of hydrogen-bond acceptors (Lipinski definition) is 4. The van der Waals surface area contributed by atoms with Crippen LogP contribution in [0.3, 0.4) is 0 Å². The standard InChI is InChI=1S/C23H23N5O/c1-16-13-21(22(29)26-14-17-7-3-2-4-8-17)28-23(27-16)24-12-11-18-15-25-20-10-6-5-9-19(18)20/h2-10,13,15,25H,11-12,14H2,1H3,(H,26,29)(H,24,27,28). The van der Waals surface area contributed by atoms with Crippen LogP contribution in [0.1, 0.15) is 27.3 Å². The summed E-state index contributed by atoms with van der Waals surface area (Å²) < 4.78 is 0. The summed E-state index contributed by atoms with van der Waals surface area (Å²) in [6.45, 7) is 3.00. The fourth-order valence-electron chi connectivity index (χ4n) is 3.28. The molecular formula is C23H23N5O. The second-order valence-corrected chi connectivity index (χ2v) is 6.92. The number of carbonyl (C=O) groups is 1. The molecule has 2 aromatic carbocycles. The molecule has 0 radical (unpaired) electrons. The summed E-state index contributed by atoms with van der Waals surface area (Å²) in [5, 5.41) is 7.37. The first-order chi connectivity index (χ1) is 14.2. The highest BCUT2D eigenvalue weighted by Crippen LogP contribution is 2.18. The number of anilines is 1. The van der Waals surface area contributed by atoms with Crippen molar-refractivity contribution in [2.45, 2.75) is 19.9 Å². The zero-order valence-corrected chi connectivity index (χ0v) is 16.3. The van der Waals surface area contributed by atoms with Crippen molar-refractivity contribution in [3.63, 3.8) is 0 Å². The molecule has 0 aliphatic rings. The van der Waals surface area contributed by atoms with E-state index >= 15 is 0 Å². The van der Waals surface area contributed by atoms with Gasteiger partial charge < -0.3 is 15.6 Å². The second kappa shape index (κ2) is 8.56. The smallest absolute Gasteiger partial charge is 0.270 e. The molecule has 0 spiro atoms. The SMILES string of the molecule is Cc1cc(C(=O)NCc2ccccc2)nc(NCCc2c[nH]c3ccccc23)n1. The highest BCUT2D eigenvalue weighted by Gasteiger charge is 2.11. The van der Waals surface area contributed by atoms with Gasteiger partial charge in [0.2, 0.25) is 5.95 Å². The molecule has 0 atom stereocenters. The third kappa shape index (κ3) is 4.60. The molecule has 29 heavy (non-hydrogen) atoms. The maximum atomic E-state index is 12.5. The van der Waals surface area contributed by atoms with E-state index in [1.807, 2.05) is 55.6 Å². The molecule has 0 aliphatic heterocycles. The van der Waals surface area contributed by atoms with Crippen LogP contribution >= 0.6 is 0 Å². The normalized spacial score (nSPS) is 10.8. The van der Waals surface area contributed by atoms with E-state index in [0.717, 1.165) is 23.2 Å². The number of nitrogens with zero attached hydrogens (tertiary/aromatic N) is 2. The lowest BCUT2D eigenvalue weighted by Gasteiger charge is -2.09. The fraction of sp³-hybridized carbons (Fsp3) is 0.174. The maximum Gasteiger partial charge on any atom is 0.270 e. The van der Waals surface area contributed by atoms with Crippen LogP contribution in [0.25, 0.3) is 10.9 Å². The monoisotopic (exact) mass is 385 g/mol. The Labute approximate surface area is 169 Å². The number of benzene rings is 2.